The third kappa shape index (κ3) is 2.30. The summed E-state index contributed by atoms with van der Waals surface area (Å²) in [6.07, 6.45) is 13.0. The van der Waals surface area contributed by atoms with Gasteiger partial charge in [0.2, 0.25) is 0 Å². The molecular formula is C30H35N3O3. The molecule has 0 radical (unpaired) electrons. The number of allylic oxidation sites excluding steroid dienone is 3. The molecule has 6 nitrogen and oxygen atoms in total. The van der Waals surface area contributed by atoms with Gasteiger partial charge >= 0.3 is 0 Å². The smallest absolute Gasteiger partial charge is 0.0961 e. The monoisotopic (exact) mass is 485 g/mol. The first-order chi connectivity index (χ1) is 17.3. The summed E-state index contributed by atoms with van der Waals surface area (Å²) in [5.74, 6) is 0.736. The van der Waals surface area contributed by atoms with Crippen molar-refractivity contribution in [3.63, 3.8) is 0 Å². The molecule has 6 aliphatic rings. The number of likely N-dealkylation sites (N-methyl/N-ethyl adjacent to an activating group) is 1. The second kappa shape index (κ2) is 6.65. The summed E-state index contributed by atoms with van der Waals surface area (Å²) in [6.45, 7) is 2.44. The quantitative estimate of drug-likeness (QED) is 0.631. The molecule has 9 unspecified atom stereocenters. The van der Waals surface area contributed by atoms with Gasteiger partial charge < -0.3 is 19.8 Å². The van der Waals surface area contributed by atoms with Crippen LogP contribution in [0.1, 0.15) is 51.0 Å². The molecule has 2 aromatic rings. The molecule has 3 spiro atoms. The zero-order valence-corrected chi connectivity index (χ0v) is 21.3. The maximum Gasteiger partial charge on any atom is 0.0961 e. The van der Waals surface area contributed by atoms with Gasteiger partial charge in [0, 0.05) is 33.6 Å². The Labute approximate surface area is 212 Å². The van der Waals surface area contributed by atoms with Gasteiger partial charge in [-0.3, -0.25) is 0 Å². The van der Waals surface area contributed by atoms with Crippen molar-refractivity contribution in [3.8, 4) is 0 Å². The van der Waals surface area contributed by atoms with Crippen molar-refractivity contribution in [3.05, 3.63) is 53.9 Å². The summed E-state index contributed by atoms with van der Waals surface area (Å²) in [4.78, 5) is 2.08. The average Bonchev–Trinajstić information content (AvgIpc) is 3.40. The lowest BCUT2D eigenvalue weighted by Crippen LogP contribution is -2.67. The minimum absolute atomic E-state index is 0.00576. The molecule has 2 bridgehead atoms. The van der Waals surface area contributed by atoms with Crippen molar-refractivity contribution < 1.29 is 14.9 Å². The van der Waals surface area contributed by atoms with Gasteiger partial charge in [-0.25, -0.2) is 0 Å². The molecule has 4 aliphatic carbocycles. The highest BCUT2D eigenvalue weighted by molar-refractivity contribution is 5.86. The number of hydrogen-bond acceptors (Lipinski definition) is 6. The van der Waals surface area contributed by atoms with E-state index in [0.717, 1.165) is 49.3 Å². The molecule has 2 aliphatic heterocycles. The molecule has 3 heterocycles. The normalized spacial score (nSPS) is 48.1. The van der Waals surface area contributed by atoms with Crippen LogP contribution in [0.3, 0.4) is 0 Å². The Kier molecular flexibility index (Phi) is 4.05. The number of fused-ring (bicyclic) bond motifs is 3. The Morgan fingerprint density at radius 2 is 1.83 bits per heavy atom. The van der Waals surface area contributed by atoms with Crippen molar-refractivity contribution >= 4 is 16.3 Å². The van der Waals surface area contributed by atoms with Crippen molar-refractivity contribution in [2.45, 2.75) is 74.9 Å². The topological polar surface area (TPSA) is 78.7 Å². The minimum Gasteiger partial charge on any atom is -0.390 e. The van der Waals surface area contributed by atoms with Gasteiger partial charge in [-0.2, -0.15) is 10.2 Å². The number of hydrogen-bond donors (Lipinski definition) is 2. The largest absolute Gasteiger partial charge is 0.390 e. The molecule has 9 atom stereocenters. The third-order valence-electron chi connectivity index (χ3n) is 11.6. The molecule has 6 heteroatoms. The van der Waals surface area contributed by atoms with E-state index >= 15 is 0 Å². The lowest BCUT2D eigenvalue weighted by Gasteiger charge is -2.59. The van der Waals surface area contributed by atoms with Crippen molar-refractivity contribution in [2.24, 2.45) is 22.7 Å². The van der Waals surface area contributed by atoms with Gasteiger partial charge in [0.15, 0.2) is 0 Å². The van der Waals surface area contributed by atoms with Gasteiger partial charge in [0.05, 0.1) is 35.8 Å². The maximum absolute atomic E-state index is 11.5. The van der Waals surface area contributed by atoms with Crippen LogP contribution in [0.2, 0.25) is 0 Å². The molecule has 188 valence electrons. The van der Waals surface area contributed by atoms with Gasteiger partial charge in [-0.1, -0.05) is 31.2 Å². The number of aromatic nitrogens is 2. The van der Waals surface area contributed by atoms with E-state index in [0.29, 0.717) is 11.8 Å². The first kappa shape index (κ1) is 21.9. The summed E-state index contributed by atoms with van der Waals surface area (Å²) in [7, 11) is 4.02. The summed E-state index contributed by atoms with van der Waals surface area (Å²) >= 11 is 0. The Morgan fingerprint density at radius 3 is 2.64 bits per heavy atom. The number of aliphatic hydroxyl groups is 2. The molecule has 0 amide bonds. The van der Waals surface area contributed by atoms with Crippen LogP contribution in [0.15, 0.2) is 48.3 Å². The lowest BCUT2D eigenvalue weighted by atomic mass is 9.57. The van der Waals surface area contributed by atoms with E-state index in [4.69, 9.17) is 4.74 Å². The van der Waals surface area contributed by atoms with E-state index in [2.05, 4.69) is 52.4 Å². The molecule has 2 saturated heterocycles. The average molecular weight is 486 g/mol. The number of aliphatic hydroxyl groups excluding tert-OH is 2. The van der Waals surface area contributed by atoms with Crippen LogP contribution in [0, 0.1) is 22.7 Å². The summed E-state index contributed by atoms with van der Waals surface area (Å²) in [5, 5.41) is 33.0. The number of rotatable bonds is 2. The van der Waals surface area contributed by atoms with Gasteiger partial charge in [-0.05, 0) is 81.3 Å². The van der Waals surface area contributed by atoms with Crippen LogP contribution >= 0.6 is 0 Å². The highest BCUT2D eigenvalue weighted by Gasteiger charge is 2.84. The molecule has 4 fully saturated rings. The Morgan fingerprint density at radius 1 is 1.03 bits per heavy atom. The molecule has 2 N–H and O–H groups in total. The van der Waals surface area contributed by atoms with E-state index in [9.17, 15) is 10.2 Å². The van der Waals surface area contributed by atoms with Crippen LogP contribution in [-0.2, 0) is 4.74 Å². The Bertz CT molecular complexity index is 1370. The van der Waals surface area contributed by atoms with Crippen LogP contribution in [0.4, 0.5) is 0 Å². The molecule has 1 aromatic carbocycles. The fourth-order valence-electron chi connectivity index (χ4n) is 9.79. The third-order valence-corrected chi connectivity index (χ3v) is 11.6. The predicted molar refractivity (Wildman–Crippen MR) is 137 cm³/mol. The van der Waals surface area contributed by atoms with Crippen LogP contribution in [0.25, 0.3) is 16.3 Å². The Balaban J connectivity index is 1.21. The minimum atomic E-state index is -0.730. The fourth-order valence-corrected chi connectivity index (χ4v) is 9.79. The van der Waals surface area contributed by atoms with Crippen LogP contribution in [0.5, 0.6) is 0 Å². The SMILES string of the molecule is CN(C)C1CC23CCC4(O2)C(=CCC2(C)C(c5ccc6cnncc6c5)=CCC24)C2CC23C(O)C1O. The van der Waals surface area contributed by atoms with Crippen molar-refractivity contribution in [1.29, 1.82) is 0 Å². The van der Waals surface area contributed by atoms with E-state index in [1.54, 1.807) is 0 Å². The predicted octanol–water partition coefficient (Wildman–Crippen LogP) is 3.73. The highest BCUT2D eigenvalue weighted by Crippen LogP contribution is 2.81. The van der Waals surface area contributed by atoms with Crippen molar-refractivity contribution in [1.82, 2.24) is 15.1 Å². The maximum atomic E-state index is 11.5. The van der Waals surface area contributed by atoms with Crippen LogP contribution in [-0.4, -0.2) is 68.9 Å². The highest BCUT2D eigenvalue weighted by atomic mass is 16.5. The summed E-state index contributed by atoms with van der Waals surface area (Å²) < 4.78 is 7.44. The molecule has 8 rings (SSSR count). The number of ether oxygens (including phenoxy) is 1. The van der Waals surface area contributed by atoms with Gasteiger partial charge in [-0.15, -0.1) is 0 Å². The van der Waals surface area contributed by atoms with Gasteiger partial charge in [0.1, 0.15) is 0 Å². The standard InChI is InChI=1S/C30H35N3O3/c1-27-9-8-21-22-13-29(22)26(35)25(34)23(33(2)3)14-28(29)10-11-30(21,36-28)24(27)7-6-20(27)17-4-5-18-15-31-32-16-19(18)12-17/h4-6,8,12,15-16,22-26,34-35H,7,9-11,13-14H2,1-3H3. The fraction of sp³-hybridized carbons (Fsp3) is 0.600. The Hall–Kier alpha value is -2.12. The number of nitrogens with zero attached hydrogens (tertiary/aromatic N) is 3. The molecular weight excluding hydrogens is 450 g/mol. The molecule has 1 aromatic heterocycles. The summed E-state index contributed by atoms with van der Waals surface area (Å²) in [6, 6.07) is 6.59. The lowest BCUT2D eigenvalue weighted by molar-refractivity contribution is -0.248. The van der Waals surface area contributed by atoms with Crippen molar-refractivity contribution in [2.75, 3.05) is 14.1 Å². The zero-order valence-electron chi connectivity index (χ0n) is 21.3. The number of benzene rings is 1. The van der Waals surface area contributed by atoms with Crippen LogP contribution < -0.4 is 0 Å². The van der Waals surface area contributed by atoms with E-state index in [1.165, 1.54) is 16.7 Å². The zero-order chi connectivity index (χ0) is 24.7. The first-order valence-corrected chi connectivity index (χ1v) is 13.6. The van der Waals surface area contributed by atoms with Gasteiger partial charge in [0.25, 0.3) is 0 Å². The second-order valence-electron chi connectivity index (χ2n) is 13.0. The van der Waals surface area contributed by atoms with E-state index in [1.807, 2.05) is 26.5 Å². The first-order valence-electron chi connectivity index (χ1n) is 13.6. The summed E-state index contributed by atoms with van der Waals surface area (Å²) in [5.41, 5.74) is 3.25. The molecule has 2 saturated carbocycles. The second-order valence-corrected chi connectivity index (χ2v) is 13.0. The van der Waals surface area contributed by atoms with E-state index < -0.39 is 12.2 Å². The van der Waals surface area contributed by atoms with E-state index in [-0.39, 0.29) is 28.1 Å². The molecule has 36 heavy (non-hydrogen) atoms.